The van der Waals surface area contributed by atoms with E-state index in [1.165, 1.54) is 13.8 Å². The first-order valence-corrected chi connectivity index (χ1v) is 11.0. The van der Waals surface area contributed by atoms with Gasteiger partial charge in [-0.1, -0.05) is 23.2 Å². The number of carbonyl (C=O) groups is 3. The van der Waals surface area contributed by atoms with E-state index in [1.807, 2.05) is 0 Å². The number of imide groups is 1. The van der Waals surface area contributed by atoms with E-state index in [1.54, 1.807) is 12.1 Å². The largest absolute Gasteiger partial charge is 0.351 e. The summed E-state index contributed by atoms with van der Waals surface area (Å²) in [5, 5.41) is 5.37. The minimum Gasteiger partial charge on any atom is -0.351 e. The van der Waals surface area contributed by atoms with Crippen molar-refractivity contribution in [2.75, 3.05) is 0 Å². The predicted molar refractivity (Wildman–Crippen MR) is 121 cm³/mol. The zero-order valence-electron chi connectivity index (χ0n) is 18.5. The third-order valence-corrected chi connectivity index (χ3v) is 6.24. The number of carbonyl (C=O) groups excluding carboxylic acids is 3. The number of halogens is 4. The number of benzene rings is 1. The summed E-state index contributed by atoms with van der Waals surface area (Å²) in [7, 11) is 0. The summed E-state index contributed by atoms with van der Waals surface area (Å²) in [6, 6.07) is -0.356. The van der Waals surface area contributed by atoms with Gasteiger partial charge in [0.15, 0.2) is 0 Å². The Balaban J connectivity index is 1.78. The van der Waals surface area contributed by atoms with Gasteiger partial charge in [-0.3, -0.25) is 34.0 Å². The van der Waals surface area contributed by atoms with Gasteiger partial charge in [0.1, 0.15) is 0 Å². The molecule has 34 heavy (non-hydrogen) atoms. The smallest absolute Gasteiger partial charge is 0.329 e. The first kappa shape index (κ1) is 25.8. The molecule has 1 unspecified atom stereocenters. The predicted octanol–water partition coefficient (Wildman–Crippen LogP) is 3.23. The van der Waals surface area contributed by atoms with Crippen molar-refractivity contribution in [2.24, 2.45) is 0 Å². The van der Waals surface area contributed by atoms with Crippen molar-refractivity contribution in [3.05, 3.63) is 61.7 Å². The van der Waals surface area contributed by atoms with Gasteiger partial charge in [-0.25, -0.2) is 0 Å². The summed E-state index contributed by atoms with van der Waals surface area (Å²) < 4.78 is 27.6. The topological polar surface area (TPSA) is 110 Å². The van der Waals surface area contributed by atoms with Crippen LogP contribution in [-0.4, -0.2) is 27.3 Å². The van der Waals surface area contributed by atoms with Crippen LogP contribution in [-0.2, 0) is 32.4 Å². The lowest BCUT2D eigenvalue weighted by molar-refractivity contribution is -0.134. The summed E-state index contributed by atoms with van der Waals surface area (Å²) in [5.74, 6) is -2.04. The standard InChI is InChI=1S/C22H22Cl2F2N4O4/c1-21(2,15-10-30(22(3,25)26)17(32)9-27-15)20(34)28-8-11-6-13(23)18(14(24)7-11)12-4-5-16(31)29-19(12)33/h6-7,9-10,12H,4-5,8H2,1-3H3,(H,28,34)(H,29,31,33). The fraction of sp³-hybridized carbons (Fsp3) is 0.409. The van der Waals surface area contributed by atoms with Crippen LogP contribution in [0.5, 0.6) is 0 Å². The Bertz CT molecular complexity index is 1200. The highest BCUT2D eigenvalue weighted by Crippen LogP contribution is 2.37. The zero-order valence-corrected chi connectivity index (χ0v) is 20.1. The first-order valence-electron chi connectivity index (χ1n) is 10.3. The SMILES string of the molecule is CC(C)(C(=O)NCc1cc(Cl)c(C2CCC(=O)NC2=O)c(Cl)c1)c1cn(C(C)(F)F)c(=O)cn1. The van der Waals surface area contributed by atoms with Gasteiger partial charge in [0.05, 0.1) is 23.2 Å². The van der Waals surface area contributed by atoms with Crippen LogP contribution in [0.4, 0.5) is 8.78 Å². The van der Waals surface area contributed by atoms with Crippen molar-refractivity contribution in [3.63, 3.8) is 0 Å². The number of alkyl halides is 2. The molecule has 2 heterocycles. The average molecular weight is 515 g/mol. The maximum atomic E-state index is 13.7. The van der Waals surface area contributed by atoms with Crippen LogP contribution in [0.3, 0.4) is 0 Å². The molecule has 1 atom stereocenters. The van der Waals surface area contributed by atoms with Crippen molar-refractivity contribution >= 4 is 40.9 Å². The Hall–Kier alpha value is -2.85. The summed E-state index contributed by atoms with van der Waals surface area (Å²) in [5.41, 5.74) is -1.42. The van der Waals surface area contributed by atoms with E-state index >= 15 is 0 Å². The number of nitrogens with one attached hydrogen (secondary N) is 2. The second-order valence-electron chi connectivity index (χ2n) is 8.61. The van der Waals surface area contributed by atoms with E-state index in [0.29, 0.717) is 18.1 Å². The highest BCUT2D eigenvalue weighted by atomic mass is 35.5. The van der Waals surface area contributed by atoms with Crippen LogP contribution in [0.15, 0.2) is 29.3 Å². The Morgan fingerprint density at radius 3 is 2.38 bits per heavy atom. The number of hydrogen-bond donors (Lipinski definition) is 2. The molecule has 12 heteroatoms. The number of nitrogens with zero attached hydrogens (tertiary/aromatic N) is 2. The van der Waals surface area contributed by atoms with Gasteiger partial charge in [0, 0.05) is 41.7 Å². The Labute approximate surface area is 203 Å². The second kappa shape index (κ2) is 9.42. The molecule has 0 aliphatic carbocycles. The van der Waals surface area contributed by atoms with Crippen molar-refractivity contribution in [2.45, 2.75) is 57.5 Å². The van der Waals surface area contributed by atoms with Crippen molar-refractivity contribution in [1.82, 2.24) is 20.2 Å². The summed E-state index contributed by atoms with van der Waals surface area (Å²) in [4.78, 5) is 52.0. The highest BCUT2D eigenvalue weighted by molar-refractivity contribution is 6.36. The monoisotopic (exact) mass is 514 g/mol. The number of piperidine rings is 1. The Kier molecular flexibility index (Phi) is 7.14. The van der Waals surface area contributed by atoms with Crippen LogP contribution in [0.2, 0.25) is 10.0 Å². The molecule has 0 radical (unpaired) electrons. The third-order valence-electron chi connectivity index (χ3n) is 5.61. The van der Waals surface area contributed by atoms with Crippen LogP contribution in [0.1, 0.15) is 56.4 Å². The lowest BCUT2D eigenvalue weighted by Gasteiger charge is -2.25. The quantitative estimate of drug-likeness (QED) is 0.575. The molecule has 1 aliphatic heterocycles. The fourth-order valence-corrected chi connectivity index (χ4v) is 4.39. The second-order valence-corrected chi connectivity index (χ2v) is 9.42. The molecule has 0 saturated carbocycles. The molecular formula is C22H22Cl2F2N4O4. The van der Waals surface area contributed by atoms with E-state index < -0.39 is 34.8 Å². The van der Waals surface area contributed by atoms with Crippen molar-refractivity contribution in [3.8, 4) is 0 Å². The van der Waals surface area contributed by atoms with Crippen LogP contribution >= 0.6 is 23.2 Å². The molecule has 1 aromatic carbocycles. The molecule has 1 aromatic heterocycles. The molecule has 2 N–H and O–H groups in total. The van der Waals surface area contributed by atoms with Gasteiger partial charge in [0.2, 0.25) is 17.7 Å². The molecule has 2 aromatic rings. The molecule has 3 amide bonds. The molecule has 1 aliphatic rings. The molecule has 0 bridgehead atoms. The lowest BCUT2D eigenvalue weighted by Crippen LogP contribution is -2.42. The maximum absolute atomic E-state index is 13.7. The molecule has 1 fully saturated rings. The van der Waals surface area contributed by atoms with Gasteiger partial charge < -0.3 is 5.32 Å². The maximum Gasteiger partial charge on any atom is 0.329 e. The van der Waals surface area contributed by atoms with Gasteiger partial charge in [0.25, 0.3) is 5.56 Å². The Morgan fingerprint density at radius 1 is 1.21 bits per heavy atom. The van der Waals surface area contributed by atoms with E-state index in [4.69, 9.17) is 23.2 Å². The van der Waals surface area contributed by atoms with Crippen molar-refractivity contribution in [1.29, 1.82) is 0 Å². The number of aromatic nitrogens is 2. The van der Waals surface area contributed by atoms with E-state index in [-0.39, 0.29) is 45.6 Å². The van der Waals surface area contributed by atoms with Crippen LogP contribution in [0, 0.1) is 0 Å². The lowest BCUT2D eigenvalue weighted by atomic mass is 9.88. The highest BCUT2D eigenvalue weighted by Gasteiger charge is 2.35. The van der Waals surface area contributed by atoms with Crippen LogP contribution in [0.25, 0.3) is 0 Å². The third kappa shape index (κ3) is 5.28. The fourth-order valence-electron chi connectivity index (χ4n) is 3.60. The minimum absolute atomic E-state index is 0.000902. The summed E-state index contributed by atoms with van der Waals surface area (Å²) in [6.45, 7) is 3.54. The van der Waals surface area contributed by atoms with E-state index in [0.717, 1.165) is 12.4 Å². The van der Waals surface area contributed by atoms with Gasteiger partial charge >= 0.3 is 6.05 Å². The number of amides is 3. The van der Waals surface area contributed by atoms with Gasteiger partial charge in [-0.15, -0.1) is 0 Å². The molecule has 182 valence electrons. The zero-order chi connectivity index (χ0) is 25.4. The average Bonchev–Trinajstić information content (AvgIpc) is 2.72. The minimum atomic E-state index is -3.46. The van der Waals surface area contributed by atoms with Gasteiger partial charge in [-0.05, 0) is 38.0 Å². The van der Waals surface area contributed by atoms with Gasteiger partial charge in [-0.2, -0.15) is 8.78 Å². The normalized spacial score (nSPS) is 16.9. The number of rotatable bonds is 6. The van der Waals surface area contributed by atoms with Crippen LogP contribution < -0.4 is 16.2 Å². The molecule has 0 spiro atoms. The number of hydrogen-bond acceptors (Lipinski definition) is 5. The molecular weight excluding hydrogens is 493 g/mol. The molecule has 8 nitrogen and oxygen atoms in total. The molecule has 1 saturated heterocycles. The molecule has 3 rings (SSSR count). The first-order chi connectivity index (χ1) is 15.7. The summed E-state index contributed by atoms with van der Waals surface area (Å²) in [6.07, 6.45) is 2.06. The Morgan fingerprint density at radius 2 is 1.82 bits per heavy atom. The van der Waals surface area contributed by atoms with E-state index in [9.17, 15) is 28.0 Å². The van der Waals surface area contributed by atoms with E-state index in [2.05, 4.69) is 15.6 Å². The van der Waals surface area contributed by atoms with Crippen molar-refractivity contribution < 1.29 is 23.2 Å². The summed E-state index contributed by atoms with van der Waals surface area (Å²) >= 11 is 12.7.